The van der Waals surface area contributed by atoms with Gasteiger partial charge in [0.15, 0.2) is 0 Å². The van der Waals surface area contributed by atoms with Crippen molar-refractivity contribution in [2.45, 2.75) is 6.54 Å². The molecule has 0 saturated carbocycles. The van der Waals surface area contributed by atoms with Gasteiger partial charge in [0.25, 0.3) is 0 Å². The molecule has 0 N–H and O–H groups in total. The Morgan fingerprint density at radius 3 is 2.62 bits per heavy atom. The molecule has 1 aliphatic rings. The molecule has 1 aliphatic heterocycles. The van der Waals surface area contributed by atoms with E-state index < -0.39 is 17.8 Å². The van der Waals surface area contributed by atoms with Crippen LogP contribution in [0.1, 0.15) is 5.69 Å². The minimum atomic E-state index is -0.834. The number of hydrogen-bond acceptors (Lipinski definition) is 4. The summed E-state index contributed by atoms with van der Waals surface area (Å²) in [6, 6.07) is 4.86. The number of imidazole rings is 1. The Kier molecular flexibility index (Phi) is 3.02. The molecule has 4 amide bonds. The number of hydrogen-bond donors (Lipinski definition) is 0. The van der Waals surface area contributed by atoms with Crippen LogP contribution in [-0.4, -0.2) is 43.6 Å². The first-order valence-corrected chi connectivity index (χ1v) is 6.32. The van der Waals surface area contributed by atoms with Gasteiger partial charge in [-0.25, -0.2) is 14.7 Å². The lowest BCUT2D eigenvalue weighted by molar-refractivity contribution is -0.143. The third-order valence-electron chi connectivity index (χ3n) is 3.18. The first-order valence-electron chi connectivity index (χ1n) is 6.32. The fraction of sp³-hybridized carbons (Fsp3) is 0.143. The van der Waals surface area contributed by atoms with E-state index in [4.69, 9.17) is 0 Å². The Balaban J connectivity index is 1.87. The van der Waals surface area contributed by atoms with Gasteiger partial charge in [0.2, 0.25) is 0 Å². The van der Waals surface area contributed by atoms with Gasteiger partial charge in [-0.15, -0.1) is 6.58 Å². The summed E-state index contributed by atoms with van der Waals surface area (Å²) in [7, 11) is 0. The number of urea groups is 1. The number of amides is 4. The van der Waals surface area contributed by atoms with Crippen LogP contribution in [-0.2, 0) is 16.1 Å². The summed E-state index contributed by atoms with van der Waals surface area (Å²) in [5.41, 5.74) is 1.25. The van der Waals surface area contributed by atoms with Crippen molar-refractivity contribution in [1.82, 2.24) is 19.2 Å². The zero-order valence-corrected chi connectivity index (χ0v) is 11.1. The number of carbonyl (C=O) groups is 3. The second kappa shape index (κ2) is 4.86. The third kappa shape index (κ3) is 2.08. The van der Waals surface area contributed by atoms with E-state index in [-0.39, 0.29) is 13.1 Å². The molecule has 0 atom stereocenters. The molecule has 2 aromatic heterocycles. The second-order valence-electron chi connectivity index (χ2n) is 4.58. The van der Waals surface area contributed by atoms with Gasteiger partial charge in [-0.05, 0) is 12.1 Å². The largest absolute Gasteiger partial charge is 0.334 e. The molecular weight excluding hydrogens is 272 g/mol. The van der Waals surface area contributed by atoms with Crippen LogP contribution in [0.4, 0.5) is 4.79 Å². The molecule has 1 saturated heterocycles. The number of pyridine rings is 1. The highest BCUT2D eigenvalue weighted by atomic mass is 16.2. The van der Waals surface area contributed by atoms with Crippen molar-refractivity contribution < 1.29 is 14.4 Å². The summed E-state index contributed by atoms with van der Waals surface area (Å²) in [6.45, 7) is 3.45. The molecule has 0 unspecified atom stereocenters. The van der Waals surface area contributed by atoms with Crippen molar-refractivity contribution >= 4 is 23.5 Å². The Labute approximate surface area is 120 Å². The smallest absolute Gasteiger partial charge is 0.307 e. The second-order valence-corrected chi connectivity index (χ2v) is 4.58. The Morgan fingerprint density at radius 1 is 1.14 bits per heavy atom. The molecule has 21 heavy (non-hydrogen) atoms. The highest BCUT2D eigenvalue weighted by molar-refractivity contribution is 6.44. The van der Waals surface area contributed by atoms with Gasteiger partial charge >= 0.3 is 17.8 Å². The molecule has 1 fully saturated rings. The average molecular weight is 284 g/mol. The predicted molar refractivity (Wildman–Crippen MR) is 73.0 cm³/mol. The van der Waals surface area contributed by atoms with Crippen molar-refractivity contribution in [1.29, 1.82) is 0 Å². The van der Waals surface area contributed by atoms with Crippen LogP contribution in [0, 0.1) is 0 Å². The van der Waals surface area contributed by atoms with E-state index in [1.165, 1.54) is 6.08 Å². The maximum absolute atomic E-state index is 12.1. The molecule has 3 heterocycles. The lowest BCUT2D eigenvalue weighted by Crippen LogP contribution is -2.33. The standard InChI is InChI=1S/C14H12N4O3/c1-2-6-17-12(19)13(20)18(14(17)21)9-10-8-16-7-4-3-5-11(16)15-10/h2-5,7-8H,1,6,9H2. The third-order valence-corrected chi connectivity index (χ3v) is 3.18. The highest BCUT2D eigenvalue weighted by Gasteiger charge is 2.43. The molecular formula is C14H12N4O3. The Morgan fingerprint density at radius 2 is 1.90 bits per heavy atom. The zero-order valence-electron chi connectivity index (χ0n) is 11.1. The number of aromatic nitrogens is 2. The Hall–Kier alpha value is -2.96. The number of nitrogens with zero attached hydrogens (tertiary/aromatic N) is 4. The van der Waals surface area contributed by atoms with Crippen molar-refractivity contribution in [2.75, 3.05) is 6.54 Å². The number of rotatable bonds is 4. The molecule has 0 radical (unpaired) electrons. The van der Waals surface area contributed by atoms with Crippen LogP contribution in [0.2, 0.25) is 0 Å². The van der Waals surface area contributed by atoms with Gasteiger partial charge in [0, 0.05) is 18.9 Å². The van der Waals surface area contributed by atoms with E-state index in [0.29, 0.717) is 11.3 Å². The zero-order chi connectivity index (χ0) is 15.0. The van der Waals surface area contributed by atoms with Crippen molar-refractivity contribution in [3.8, 4) is 0 Å². The van der Waals surface area contributed by atoms with E-state index >= 15 is 0 Å². The highest BCUT2D eigenvalue weighted by Crippen LogP contribution is 2.16. The number of carbonyl (C=O) groups excluding carboxylic acids is 3. The van der Waals surface area contributed by atoms with Gasteiger partial charge in [-0.3, -0.25) is 14.5 Å². The summed E-state index contributed by atoms with van der Waals surface area (Å²) in [5.74, 6) is -1.66. The first-order chi connectivity index (χ1) is 10.1. The van der Waals surface area contributed by atoms with Crippen LogP contribution >= 0.6 is 0 Å². The molecule has 3 rings (SSSR count). The molecule has 7 nitrogen and oxygen atoms in total. The topological polar surface area (TPSA) is 75.0 Å². The summed E-state index contributed by atoms with van der Waals surface area (Å²) < 4.78 is 1.78. The minimum Gasteiger partial charge on any atom is -0.307 e. The summed E-state index contributed by atoms with van der Waals surface area (Å²) in [5, 5.41) is 0. The van der Waals surface area contributed by atoms with Crippen molar-refractivity contribution in [3.63, 3.8) is 0 Å². The van der Waals surface area contributed by atoms with Gasteiger partial charge in [0.1, 0.15) is 5.65 Å². The molecule has 7 heteroatoms. The summed E-state index contributed by atoms with van der Waals surface area (Å²) in [4.78, 5) is 41.7. The number of fused-ring (bicyclic) bond motifs is 1. The predicted octanol–water partition coefficient (Wildman–Crippen LogP) is 0.811. The molecule has 0 aromatic carbocycles. The van der Waals surface area contributed by atoms with Crippen molar-refractivity contribution in [2.24, 2.45) is 0 Å². The van der Waals surface area contributed by atoms with Gasteiger partial charge in [-0.1, -0.05) is 12.1 Å². The maximum atomic E-state index is 12.1. The molecule has 0 bridgehead atoms. The van der Waals surface area contributed by atoms with E-state index in [1.807, 2.05) is 24.4 Å². The summed E-state index contributed by atoms with van der Waals surface area (Å²) >= 11 is 0. The number of imide groups is 2. The SMILES string of the molecule is C=CCN1C(=O)C(=O)N(Cc2cn3ccccc3n2)C1=O. The van der Waals surface area contributed by atoms with Gasteiger partial charge in [0.05, 0.1) is 12.2 Å². The minimum absolute atomic E-state index is 0.0189. The van der Waals surface area contributed by atoms with Crippen LogP contribution in [0.5, 0.6) is 0 Å². The van der Waals surface area contributed by atoms with Crippen LogP contribution < -0.4 is 0 Å². The normalized spacial score (nSPS) is 15.3. The van der Waals surface area contributed by atoms with E-state index in [2.05, 4.69) is 11.6 Å². The molecule has 106 valence electrons. The Bertz CT molecular complexity index is 731. The molecule has 2 aromatic rings. The maximum Gasteiger partial charge on any atom is 0.334 e. The van der Waals surface area contributed by atoms with E-state index in [1.54, 1.807) is 10.6 Å². The van der Waals surface area contributed by atoms with E-state index in [9.17, 15) is 14.4 Å². The van der Waals surface area contributed by atoms with Crippen LogP contribution in [0.15, 0.2) is 43.2 Å². The van der Waals surface area contributed by atoms with E-state index in [0.717, 1.165) is 9.80 Å². The van der Waals surface area contributed by atoms with Gasteiger partial charge < -0.3 is 4.40 Å². The lowest BCUT2D eigenvalue weighted by atomic mass is 10.4. The summed E-state index contributed by atoms with van der Waals surface area (Å²) in [6.07, 6.45) is 4.93. The molecule has 0 spiro atoms. The fourth-order valence-corrected chi connectivity index (χ4v) is 2.21. The monoisotopic (exact) mass is 284 g/mol. The van der Waals surface area contributed by atoms with Crippen LogP contribution in [0.25, 0.3) is 5.65 Å². The lowest BCUT2D eigenvalue weighted by Gasteiger charge is -2.12. The quantitative estimate of drug-likeness (QED) is 0.473. The molecule has 0 aliphatic carbocycles. The average Bonchev–Trinajstić information content (AvgIpc) is 2.97. The first kappa shape index (κ1) is 13.0. The fourth-order valence-electron chi connectivity index (χ4n) is 2.21. The van der Waals surface area contributed by atoms with Crippen LogP contribution in [0.3, 0.4) is 0 Å². The van der Waals surface area contributed by atoms with Gasteiger partial charge in [-0.2, -0.15) is 0 Å². The van der Waals surface area contributed by atoms with Crippen molar-refractivity contribution in [3.05, 3.63) is 48.9 Å².